The van der Waals surface area contributed by atoms with Crippen molar-refractivity contribution in [2.45, 2.75) is 31.8 Å². The van der Waals surface area contributed by atoms with E-state index in [1.54, 1.807) is 0 Å². The fourth-order valence-corrected chi connectivity index (χ4v) is 3.49. The van der Waals surface area contributed by atoms with E-state index in [2.05, 4.69) is 17.5 Å². The lowest BCUT2D eigenvalue weighted by atomic mass is 9.93. The first-order valence-corrected chi connectivity index (χ1v) is 6.53. The van der Waals surface area contributed by atoms with E-state index < -0.39 is 0 Å². The molecule has 2 aliphatic carbocycles. The molecule has 0 aromatic rings. The van der Waals surface area contributed by atoms with Gasteiger partial charge in [0.25, 0.3) is 0 Å². The number of ether oxygens (including phenoxy) is 1. The maximum atomic E-state index is 5.63. The van der Waals surface area contributed by atoms with Crippen LogP contribution in [0.5, 0.6) is 0 Å². The highest BCUT2D eigenvalue weighted by Crippen LogP contribution is 2.42. The molecule has 0 aromatic heterocycles. The summed E-state index contributed by atoms with van der Waals surface area (Å²) in [7, 11) is 0. The predicted molar refractivity (Wildman–Crippen MR) is 59.5 cm³/mol. The molecule has 15 heavy (non-hydrogen) atoms. The second-order valence-corrected chi connectivity index (χ2v) is 5.44. The molecule has 1 heterocycles. The van der Waals surface area contributed by atoms with E-state index in [1.807, 2.05) is 0 Å². The summed E-state index contributed by atoms with van der Waals surface area (Å²) >= 11 is 0. The average Bonchev–Trinajstić information content (AvgIpc) is 2.93. The third kappa shape index (κ3) is 2.11. The van der Waals surface area contributed by atoms with Crippen LogP contribution in [-0.4, -0.2) is 25.8 Å². The van der Waals surface area contributed by atoms with E-state index in [-0.39, 0.29) is 0 Å². The molecule has 2 N–H and O–H groups in total. The number of fused-ring (bicyclic) bond motifs is 2. The molecule has 0 amide bonds. The van der Waals surface area contributed by atoms with Crippen molar-refractivity contribution in [3.8, 4) is 0 Å². The second-order valence-electron chi connectivity index (χ2n) is 5.44. The quantitative estimate of drug-likeness (QED) is 0.684. The summed E-state index contributed by atoms with van der Waals surface area (Å²) in [6.07, 6.45) is 10.9. The van der Waals surface area contributed by atoms with Gasteiger partial charge in [0.15, 0.2) is 0 Å². The van der Waals surface area contributed by atoms with Gasteiger partial charge in [0.2, 0.25) is 0 Å². The summed E-state index contributed by atoms with van der Waals surface area (Å²) in [5, 5.41) is 2.50. The van der Waals surface area contributed by atoms with Crippen molar-refractivity contribution >= 4 is 0 Å². The summed E-state index contributed by atoms with van der Waals surface area (Å²) in [4.78, 5) is 0. The molecule has 0 unspecified atom stereocenters. The number of nitrogens with two attached hydrogens (primary N) is 1. The Morgan fingerprint density at radius 2 is 2.20 bits per heavy atom. The Bertz CT molecular complexity index is 245. The molecule has 0 radical (unpaired) electrons. The topological polar surface area (TPSA) is 25.8 Å². The number of hydrogen-bond donors (Lipinski definition) is 1. The number of rotatable bonds is 4. The molecule has 84 valence electrons. The average molecular weight is 208 g/mol. The molecule has 0 aromatic carbocycles. The molecule has 1 saturated carbocycles. The lowest BCUT2D eigenvalue weighted by molar-refractivity contribution is -0.666. The van der Waals surface area contributed by atoms with Crippen LogP contribution in [0.3, 0.4) is 0 Å². The van der Waals surface area contributed by atoms with Gasteiger partial charge in [0.1, 0.15) is 12.6 Å². The number of quaternary nitrogens is 1. The molecule has 2 heteroatoms. The minimum absolute atomic E-state index is 0.555. The summed E-state index contributed by atoms with van der Waals surface area (Å²) in [6.45, 7) is 3.51. The van der Waals surface area contributed by atoms with Crippen molar-refractivity contribution in [2.24, 2.45) is 17.8 Å². The fraction of sp³-hybridized carbons (Fsp3) is 0.846. The predicted octanol–water partition coefficient (Wildman–Crippen LogP) is 0.941. The number of hydrogen-bond acceptors (Lipinski definition) is 1. The Labute approximate surface area is 92.1 Å². The van der Waals surface area contributed by atoms with E-state index >= 15 is 0 Å². The van der Waals surface area contributed by atoms with Gasteiger partial charge in [0, 0.05) is 12.5 Å². The van der Waals surface area contributed by atoms with E-state index in [0.717, 1.165) is 24.4 Å². The van der Waals surface area contributed by atoms with Crippen LogP contribution in [0.2, 0.25) is 0 Å². The summed E-state index contributed by atoms with van der Waals surface area (Å²) < 4.78 is 5.63. The maximum Gasteiger partial charge on any atom is 0.106 e. The van der Waals surface area contributed by atoms with Gasteiger partial charge in [0.05, 0.1) is 6.54 Å². The highest BCUT2D eigenvalue weighted by atomic mass is 16.5. The zero-order valence-corrected chi connectivity index (χ0v) is 9.40. The van der Waals surface area contributed by atoms with Crippen molar-refractivity contribution in [1.82, 2.24) is 0 Å². The SMILES string of the molecule is C1=C[C@@H]2C[C@H]1C[C@@H]2C[NH2+]C[C@@H]1CCCO1. The van der Waals surface area contributed by atoms with E-state index in [9.17, 15) is 0 Å². The van der Waals surface area contributed by atoms with Crippen LogP contribution in [0.25, 0.3) is 0 Å². The Kier molecular flexibility index (Phi) is 2.80. The molecule has 1 aliphatic heterocycles. The van der Waals surface area contributed by atoms with Gasteiger partial charge < -0.3 is 10.1 Å². The molecular weight excluding hydrogens is 186 g/mol. The van der Waals surface area contributed by atoms with Gasteiger partial charge in [-0.15, -0.1) is 0 Å². The zero-order chi connectivity index (χ0) is 10.1. The summed E-state index contributed by atoms with van der Waals surface area (Å²) in [5.41, 5.74) is 0. The highest BCUT2D eigenvalue weighted by molar-refractivity contribution is 5.09. The van der Waals surface area contributed by atoms with E-state index in [4.69, 9.17) is 4.74 Å². The third-order valence-electron chi connectivity index (χ3n) is 4.34. The van der Waals surface area contributed by atoms with Crippen molar-refractivity contribution in [2.75, 3.05) is 19.7 Å². The Hall–Kier alpha value is -0.340. The first-order valence-electron chi connectivity index (χ1n) is 6.53. The van der Waals surface area contributed by atoms with Gasteiger partial charge in [-0.25, -0.2) is 0 Å². The van der Waals surface area contributed by atoms with Crippen molar-refractivity contribution in [1.29, 1.82) is 0 Å². The van der Waals surface area contributed by atoms with Gasteiger partial charge in [-0.05, 0) is 37.5 Å². The molecular formula is C13H22NO+. The Morgan fingerprint density at radius 3 is 2.87 bits per heavy atom. The van der Waals surface area contributed by atoms with Crippen LogP contribution in [0.15, 0.2) is 12.2 Å². The van der Waals surface area contributed by atoms with Crippen LogP contribution >= 0.6 is 0 Å². The Morgan fingerprint density at radius 1 is 1.20 bits per heavy atom. The monoisotopic (exact) mass is 208 g/mol. The molecule has 3 rings (SSSR count). The summed E-state index contributed by atoms with van der Waals surface area (Å²) in [6, 6.07) is 0. The van der Waals surface area contributed by atoms with Gasteiger partial charge >= 0.3 is 0 Å². The van der Waals surface area contributed by atoms with Crippen LogP contribution in [0.4, 0.5) is 0 Å². The lowest BCUT2D eigenvalue weighted by Gasteiger charge is -2.17. The van der Waals surface area contributed by atoms with Gasteiger partial charge in [-0.3, -0.25) is 0 Å². The van der Waals surface area contributed by atoms with Gasteiger partial charge in [-0.2, -0.15) is 0 Å². The molecule has 4 atom stereocenters. The van der Waals surface area contributed by atoms with E-state index in [0.29, 0.717) is 6.10 Å². The van der Waals surface area contributed by atoms with Crippen LogP contribution in [0.1, 0.15) is 25.7 Å². The molecule has 2 nitrogen and oxygen atoms in total. The molecule has 2 fully saturated rings. The number of allylic oxidation sites excluding steroid dienone is 2. The first kappa shape index (κ1) is 9.86. The molecule has 3 aliphatic rings. The van der Waals surface area contributed by atoms with E-state index in [1.165, 1.54) is 38.8 Å². The Balaban J connectivity index is 1.38. The largest absolute Gasteiger partial charge is 0.372 e. The second kappa shape index (κ2) is 4.26. The zero-order valence-electron chi connectivity index (χ0n) is 9.40. The van der Waals surface area contributed by atoms with Crippen molar-refractivity contribution < 1.29 is 10.1 Å². The van der Waals surface area contributed by atoms with Crippen LogP contribution in [0, 0.1) is 17.8 Å². The van der Waals surface area contributed by atoms with Crippen LogP contribution in [-0.2, 0) is 4.74 Å². The molecule has 0 spiro atoms. The fourth-order valence-electron chi connectivity index (χ4n) is 3.49. The van der Waals surface area contributed by atoms with Crippen molar-refractivity contribution in [3.05, 3.63) is 12.2 Å². The summed E-state index contributed by atoms with van der Waals surface area (Å²) in [5.74, 6) is 2.80. The molecule has 2 bridgehead atoms. The smallest absolute Gasteiger partial charge is 0.106 e. The maximum absolute atomic E-state index is 5.63. The highest BCUT2D eigenvalue weighted by Gasteiger charge is 2.36. The minimum atomic E-state index is 0.555. The standard InChI is InChI=1S/C13H21NO/c1-2-13(15-5-1)9-14-8-12-7-10-3-4-11(12)6-10/h3-4,10-14H,1-2,5-9H2/p+1/t10-,11+,12+,13-/m0/s1. The van der Waals surface area contributed by atoms with Crippen LogP contribution < -0.4 is 5.32 Å². The lowest BCUT2D eigenvalue weighted by Crippen LogP contribution is -2.87. The third-order valence-corrected chi connectivity index (χ3v) is 4.34. The van der Waals surface area contributed by atoms with Gasteiger partial charge in [-0.1, -0.05) is 12.2 Å². The minimum Gasteiger partial charge on any atom is -0.372 e. The molecule has 1 saturated heterocycles. The first-order chi connectivity index (χ1) is 7.42. The van der Waals surface area contributed by atoms with Crippen molar-refractivity contribution in [3.63, 3.8) is 0 Å². The normalized spacial score (nSPS) is 42.9.